The largest absolute Gasteiger partial charge is 0.465 e. The fourth-order valence-electron chi connectivity index (χ4n) is 1.80. The van der Waals surface area contributed by atoms with Crippen molar-refractivity contribution in [1.82, 2.24) is 10.2 Å². The molecule has 0 aromatic rings. The van der Waals surface area contributed by atoms with Gasteiger partial charge in [0, 0.05) is 33.7 Å². The quantitative estimate of drug-likeness (QED) is 0.276. The minimum atomic E-state index is -0.613. The minimum absolute atomic E-state index is 0.0512. The zero-order valence-corrected chi connectivity index (χ0v) is 15.6. The van der Waals surface area contributed by atoms with E-state index in [1.54, 1.807) is 4.90 Å². The van der Waals surface area contributed by atoms with Gasteiger partial charge in [0.25, 0.3) is 0 Å². The number of nitrogens with zero attached hydrogens (tertiary/aromatic N) is 1. The zero-order valence-electron chi connectivity index (χ0n) is 15.6. The molecule has 1 amide bonds. The SMILES string of the molecule is COCCNC(=O)COCC(=O)OCCN(CCOC(C)=O)CC(C)=O. The number of nitrogens with one attached hydrogen (secondary N) is 1. The molecule has 0 aromatic heterocycles. The minimum Gasteiger partial charge on any atom is -0.465 e. The summed E-state index contributed by atoms with van der Waals surface area (Å²) >= 11 is 0. The summed E-state index contributed by atoms with van der Waals surface area (Å²) in [5.74, 6) is -1.42. The van der Waals surface area contributed by atoms with Crippen LogP contribution in [0, 0.1) is 0 Å². The number of Topliss-reactive ketones (excluding diaryl/α,β-unsaturated/α-hetero) is 1. The van der Waals surface area contributed by atoms with E-state index in [9.17, 15) is 19.2 Å². The molecule has 0 aliphatic heterocycles. The molecule has 0 saturated heterocycles. The highest BCUT2D eigenvalue weighted by Gasteiger charge is 2.11. The molecule has 0 radical (unpaired) electrons. The van der Waals surface area contributed by atoms with Crippen molar-refractivity contribution in [3.8, 4) is 0 Å². The van der Waals surface area contributed by atoms with Gasteiger partial charge in [0.2, 0.25) is 5.91 Å². The lowest BCUT2D eigenvalue weighted by Gasteiger charge is -2.20. The number of methoxy groups -OCH3 is 1. The van der Waals surface area contributed by atoms with Gasteiger partial charge in [-0.05, 0) is 6.92 Å². The van der Waals surface area contributed by atoms with Gasteiger partial charge in [0.05, 0.1) is 13.2 Å². The summed E-state index contributed by atoms with van der Waals surface area (Å²) < 4.78 is 19.5. The lowest BCUT2D eigenvalue weighted by atomic mass is 10.4. The molecule has 150 valence electrons. The molecule has 26 heavy (non-hydrogen) atoms. The van der Waals surface area contributed by atoms with E-state index in [1.165, 1.54) is 21.0 Å². The fourth-order valence-corrected chi connectivity index (χ4v) is 1.80. The van der Waals surface area contributed by atoms with E-state index >= 15 is 0 Å². The zero-order chi connectivity index (χ0) is 19.8. The first-order valence-electron chi connectivity index (χ1n) is 8.19. The number of hydrogen-bond donors (Lipinski definition) is 1. The third kappa shape index (κ3) is 15.5. The molecule has 0 bridgehead atoms. The summed E-state index contributed by atoms with van der Waals surface area (Å²) in [4.78, 5) is 46.6. The molecule has 0 aliphatic rings. The molecular weight excluding hydrogens is 348 g/mol. The van der Waals surface area contributed by atoms with Gasteiger partial charge >= 0.3 is 11.9 Å². The second-order valence-electron chi connectivity index (χ2n) is 5.37. The summed E-state index contributed by atoms with van der Waals surface area (Å²) in [5.41, 5.74) is 0. The number of ether oxygens (including phenoxy) is 4. The highest BCUT2D eigenvalue weighted by Crippen LogP contribution is 1.92. The summed E-state index contributed by atoms with van der Waals surface area (Å²) in [6.07, 6.45) is 0. The van der Waals surface area contributed by atoms with E-state index in [4.69, 9.17) is 18.9 Å². The van der Waals surface area contributed by atoms with Crippen LogP contribution >= 0.6 is 0 Å². The fraction of sp³-hybridized carbons (Fsp3) is 0.750. The Bertz CT molecular complexity index is 456. The van der Waals surface area contributed by atoms with Gasteiger partial charge in [0.1, 0.15) is 32.2 Å². The van der Waals surface area contributed by atoms with Crippen LogP contribution in [0.3, 0.4) is 0 Å². The summed E-state index contributed by atoms with van der Waals surface area (Å²) in [7, 11) is 1.52. The predicted molar refractivity (Wildman–Crippen MR) is 90.4 cm³/mol. The Kier molecular flexibility index (Phi) is 14.0. The van der Waals surface area contributed by atoms with Gasteiger partial charge in [-0.1, -0.05) is 0 Å². The van der Waals surface area contributed by atoms with Gasteiger partial charge in [-0.2, -0.15) is 0 Å². The van der Waals surface area contributed by atoms with Crippen molar-refractivity contribution in [3.05, 3.63) is 0 Å². The van der Waals surface area contributed by atoms with Crippen LogP contribution in [0.2, 0.25) is 0 Å². The van der Waals surface area contributed by atoms with E-state index in [-0.39, 0.29) is 44.7 Å². The van der Waals surface area contributed by atoms with E-state index in [0.29, 0.717) is 26.2 Å². The van der Waals surface area contributed by atoms with Crippen LogP contribution in [0.1, 0.15) is 13.8 Å². The maximum absolute atomic E-state index is 11.5. The van der Waals surface area contributed by atoms with E-state index in [2.05, 4.69) is 5.32 Å². The smallest absolute Gasteiger partial charge is 0.332 e. The number of carbonyl (C=O) groups excluding carboxylic acids is 4. The van der Waals surface area contributed by atoms with Crippen molar-refractivity contribution in [2.24, 2.45) is 0 Å². The highest BCUT2D eigenvalue weighted by molar-refractivity contribution is 5.78. The van der Waals surface area contributed by atoms with Crippen molar-refractivity contribution < 1.29 is 38.1 Å². The van der Waals surface area contributed by atoms with Crippen LogP contribution in [0.15, 0.2) is 0 Å². The van der Waals surface area contributed by atoms with Crippen LogP contribution in [0.5, 0.6) is 0 Å². The topological polar surface area (TPSA) is 120 Å². The first-order valence-corrected chi connectivity index (χ1v) is 8.19. The molecule has 0 fully saturated rings. The second-order valence-corrected chi connectivity index (χ2v) is 5.37. The van der Waals surface area contributed by atoms with Crippen molar-refractivity contribution in [2.75, 3.05) is 66.3 Å². The molecule has 10 heteroatoms. The van der Waals surface area contributed by atoms with Crippen LogP contribution in [0.25, 0.3) is 0 Å². The predicted octanol–water partition coefficient (Wildman–Crippen LogP) is -1.24. The number of hydrogen-bond acceptors (Lipinski definition) is 9. The maximum atomic E-state index is 11.5. The number of rotatable bonds is 15. The first kappa shape index (κ1) is 24.0. The van der Waals surface area contributed by atoms with Gasteiger partial charge < -0.3 is 24.3 Å². The molecule has 0 heterocycles. The number of ketones is 1. The second kappa shape index (κ2) is 15.2. The van der Waals surface area contributed by atoms with Crippen molar-refractivity contribution >= 4 is 23.6 Å². The average molecular weight is 376 g/mol. The third-order valence-corrected chi connectivity index (χ3v) is 2.91. The molecule has 10 nitrogen and oxygen atoms in total. The first-order chi connectivity index (χ1) is 12.3. The molecule has 0 unspecified atom stereocenters. The summed E-state index contributed by atoms with van der Waals surface area (Å²) in [5, 5.41) is 2.55. The Morgan fingerprint density at radius 1 is 0.923 bits per heavy atom. The average Bonchev–Trinajstić information content (AvgIpc) is 2.54. The van der Waals surface area contributed by atoms with Gasteiger partial charge in [-0.15, -0.1) is 0 Å². The molecular formula is C16H28N2O8. The number of esters is 2. The lowest BCUT2D eigenvalue weighted by molar-refractivity contribution is -0.150. The van der Waals surface area contributed by atoms with Crippen molar-refractivity contribution in [1.29, 1.82) is 0 Å². The number of amides is 1. The van der Waals surface area contributed by atoms with Crippen LogP contribution < -0.4 is 5.32 Å². The Hall–Kier alpha value is -2.04. The maximum Gasteiger partial charge on any atom is 0.332 e. The molecule has 0 saturated carbocycles. The normalized spacial score (nSPS) is 10.5. The van der Waals surface area contributed by atoms with Gasteiger partial charge in [-0.25, -0.2) is 4.79 Å². The van der Waals surface area contributed by atoms with Gasteiger partial charge in [0.15, 0.2) is 0 Å². The Labute approximate surface area is 153 Å². The molecule has 0 aliphatic carbocycles. The molecule has 0 spiro atoms. The van der Waals surface area contributed by atoms with Gasteiger partial charge in [-0.3, -0.25) is 19.3 Å². The van der Waals surface area contributed by atoms with Crippen LogP contribution in [-0.4, -0.2) is 94.9 Å². The van der Waals surface area contributed by atoms with Crippen molar-refractivity contribution in [3.63, 3.8) is 0 Å². The molecule has 0 rings (SSSR count). The third-order valence-electron chi connectivity index (χ3n) is 2.91. The van der Waals surface area contributed by atoms with E-state index < -0.39 is 11.9 Å². The molecule has 1 N–H and O–H groups in total. The van der Waals surface area contributed by atoms with E-state index in [1.807, 2.05) is 0 Å². The Morgan fingerprint density at radius 3 is 2.15 bits per heavy atom. The Morgan fingerprint density at radius 2 is 1.58 bits per heavy atom. The summed E-state index contributed by atoms with van der Waals surface area (Å²) in [6.45, 7) is 3.93. The Balaban J connectivity index is 3.90. The monoisotopic (exact) mass is 376 g/mol. The van der Waals surface area contributed by atoms with Crippen LogP contribution in [-0.2, 0) is 38.1 Å². The molecule has 0 aromatic carbocycles. The molecule has 0 atom stereocenters. The lowest BCUT2D eigenvalue weighted by Crippen LogP contribution is -2.36. The van der Waals surface area contributed by atoms with Crippen LogP contribution in [0.4, 0.5) is 0 Å². The van der Waals surface area contributed by atoms with E-state index in [0.717, 1.165) is 0 Å². The standard InChI is InChI=1S/C16H28N2O8/c1-13(19)10-18(5-8-25-14(2)20)6-9-26-16(22)12-24-11-15(21)17-4-7-23-3/h4-12H2,1-3H3,(H,17,21). The highest BCUT2D eigenvalue weighted by atomic mass is 16.6. The van der Waals surface area contributed by atoms with Crippen molar-refractivity contribution in [2.45, 2.75) is 13.8 Å². The summed E-state index contributed by atoms with van der Waals surface area (Å²) in [6, 6.07) is 0. The number of carbonyl (C=O) groups is 4.